The second-order valence-corrected chi connectivity index (χ2v) is 14.1. The largest absolute Gasteiger partial charge is 0.462 e. The van der Waals surface area contributed by atoms with Crippen LogP contribution >= 0.6 is 0 Å². The van der Waals surface area contributed by atoms with Gasteiger partial charge in [-0.25, -0.2) is 4.79 Å². The molecule has 9 nitrogen and oxygen atoms in total. The van der Waals surface area contributed by atoms with Gasteiger partial charge in [0.25, 0.3) is 0 Å². The van der Waals surface area contributed by atoms with Gasteiger partial charge in [0, 0.05) is 13.0 Å². The lowest BCUT2D eigenvalue weighted by Crippen LogP contribution is -2.46. The first-order valence-electron chi connectivity index (χ1n) is 20.4. The molecule has 3 atom stereocenters. The maximum absolute atomic E-state index is 12.9. The molecule has 0 aromatic heterocycles. The predicted octanol–water partition coefficient (Wildman–Crippen LogP) is 8.70. The van der Waals surface area contributed by atoms with E-state index in [1.165, 1.54) is 128 Å². The molecule has 0 aromatic rings. The first-order chi connectivity index (χ1) is 23.8. The number of hydrogen-bond donors (Lipinski definition) is 6. The Morgan fingerprint density at radius 3 is 1.63 bits per heavy atom. The van der Waals surface area contributed by atoms with E-state index in [1.54, 1.807) is 0 Å². The fourth-order valence-corrected chi connectivity index (χ4v) is 6.01. The highest BCUT2D eigenvalue weighted by molar-refractivity contribution is 5.84. The molecule has 0 aromatic carbocycles. The third kappa shape index (κ3) is 32.8. The Balaban J connectivity index is 4.18. The van der Waals surface area contributed by atoms with Gasteiger partial charge in [-0.15, -0.1) is 0 Å². The zero-order chi connectivity index (χ0) is 36.2. The van der Waals surface area contributed by atoms with E-state index in [0.29, 0.717) is 12.8 Å². The van der Waals surface area contributed by atoms with Crippen molar-refractivity contribution in [1.82, 2.24) is 10.6 Å². The zero-order valence-electron chi connectivity index (χ0n) is 31.9. The number of ether oxygens (including phenoxy) is 1. The Hall–Kier alpha value is -2.13. The fourth-order valence-electron chi connectivity index (χ4n) is 6.01. The van der Waals surface area contributed by atoms with Gasteiger partial charge in [-0.1, -0.05) is 167 Å². The normalized spacial score (nSPS) is 13.3. The lowest BCUT2D eigenvalue weighted by atomic mass is 10.0. The van der Waals surface area contributed by atoms with Crippen molar-refractivity contribution in [3.63, 3.8) is 0 Å². The van der Waals surface area contributed by atoms with Crippen molar-refractivity contribution < 1.29 is 19.4 Å². The molecular formula is C40H79N5O4. The van der Waals surface area contributed by atoms with Crippen molar-refractivity contribution in [3.05, 3.63) is 12.2 Å². The summed E-state index contributed by atoms with van der Waals surface area (Å²) in [6.45, 7) is 4.61. The summed E-state index contributed by atoms with van der Waals surface area (Å²) in [4.78, 5) is 25.5. The molecule has 0 spiro atoms. The zero-order valence-corrected chi connectivity index (χ0v) is 31.9. The summed E-state index contributed by atoms with van der Waals surface area (Å²) in [6.07, 6.45) is 35.8. The number of amides is 1. The molecule has 0 aliphatic heterocycles. The molecule has 1 unspecified atom stereocenters. The average Bonchev–Trinajstić information content (AvgIpc) is 3.08. The molecule has 0 saturated carbocycles. The second-order valence-electron chi connectivity index (χ2n) is 14.1. The number of allylic oxidation sites excluding steroid dienone is 1. The average molecular weight is 694 g/mol. The maximum Gasteiger partial charge on any atom is 0.328 e. The molecule has 0 rings (SSSR count). The van der Waals surface area contributed by atoms with Crippen LogP contribution in [0.1, 0.15) is 194 Å². The summed E-state index contributed by atoms with van der Waals surface area (Å²) in [5, 5.41) is 23.3. The van der Waals surface area contributed by atoms with E-state index in [-0.39, 0.29) is 31.4 Å². The number of esters is 1. The minimum atomic E-state index is -0.878. The maximum atomic E-state index is 12.9. The minimum Gasteiger partial charge on any atom is -0.462 e. The molecule has 288 valence electrons. The molecule has 0 aliphatic carbocycles. The van der Waals surface area contributed by atoms with E-state index < -0.39 is 24.2 Å². The number of nitrogens with one attached hydrogen (secondary N) is 3. The van der Waals surface area contributed by atoms with Crippen LogP contribution in [0, 0.1) is 5.41 Å². The number of aliphatic hydroxyl groups excluding tert-OH is 1. The lowest BCUT2D eigenvalue weighted by Gasteiger charge is -2.21. The third-order valence-corrected chi connectivity index (χ3v) is 9.31. The number of rotatable bonds is 36. The Kier molecular flexibility index (Phi) is 34.1. The van der Waals surface area contributed by atoms with Crippen LogP contribution in [0.2, 0.25) is 0 Å². The lowest BCUT2D eigenvalue weighted by molar-refractivity contribution is -0.149. The first kappa shape index (κ1) is 46.9. The Labute approximate surface area is 301 Å². The van der Waals surface area contributed by atoms with Crippen molar-refractivity contribution in [2.45, 2.75) is 212 Å². The number of aliphatic hydroxyl groups is 1. The van der Waals surface area contributed by atoms with Gasteiger partial charge in [0.15, 0.2) is 5.96 Å². The molecule has 0 aliphatic rings. The van der Waals surface area contributed by atoms with Crippen LogP contribution < -0.4 is 22.1 Å². The third-order valence-electron chi connectivity index (χ3n) is 9.31. The summed E-state index contributed by atoms with van der Waals surface area (Å²) < 4.78 is 5.42. The van der Waals surface area contributed by atoms with E-state index in [9.17, 15) is 14.7 Å². The molecule has 0 fully saturated rings. The summed E-state index contributed by atoms with van der Waals surface area (Å²) in [7, 11) is 0. The van der Waals surface area contributed by atoms with Gasteiger partial charge in [-0.2, -0.15) is 0 Å². The Bertz CT molecular complexity index is 810. The molecular weight excluding hydrogens is 614 g/mol. The topological polar surface area (TPSA) is 164 Å². The molecule has 0 radical (unpaired) electrons. The van der Waals surface area contributed by atoms with Crippen molar-refractivity contribution >= 4 is 17.8 Å². The van der Waals surface area contributed by atoms with Crippen molar-refractivity contribution in [2.24, 2.45) is 11.5 Å². The van der Waals surface area contributed by atoms with Crippen molar-refractivity contribution in [2.75, 3.05) is 13.2 Å². The summed E-state index contributed by atoms with van der Waals surface area (Å²) in [5.41, 5.74) is 11.5. The van der Waals surface area contributed by atoms with E-state index in [0.717, 1.165) is 32.1 Å². The van der Waals surface area contributed by atoms with Crippen LogP contribution in [-0.2, 0) is 14.3 Å². The molecule has 0 bridgehead atoms. The molecule has 0 saturated heterocycles. The first-order valence-corrected chi connectivity index (χ1v) is 20.4. The molecule has 9 heteroatoms. The van der Waals surface area contributed by atoms with E-state index >= 15 is 0 Å². The number of nitrogens with two attached hydrogens (primary N) is 2. The summed E-state index contributed by atoms with van der Waals surface area (Å²) >= 11 is 0. The van der Waals surface area contributed by atoms with Crippen LogP contribution in [0.25, 0.3) is 0 Å². The van der Waals surface area contributed by atoms with Gasteiger partial charge >= 0.3 is 5.97 Å². The van der Waals surface area contributed by atoms with Crippen molar-refractivity contribution in [3.8, 4) is 0 Å². The van der Waals surface area contributed by atoms with Crippen molar-refractivity contribution in [1.29, 1.82) is 5.41 Å². The van der Waals surface area contributed by atoms with Crippen LogP contribution in [0.3, 0.4) is 0 Å². The van der Waals surface area contributed by atoms with Gasteiger partial charge in [0.05, 0.1) is 12.1 Å². The van der Waals surface area contributed by atoms with Gasteiger partial charge in [0.1, 0.15) is 12.6 Å². The summed E-state index contributed by atoms with van der Waals surface area (Å²) in [5.74, 6) is -0.994. The number of hydrogen-bond acceptors (Lipinski definition) is 6. The highest BCUT2D eigenvalue weighted by Gasteiger charge is 2.24. The molecule has 49 heavy (non-hydrogen) atoms. The van der Waals surface area contributed by atoms with Gasteiger partial charge in [0.2, 0.25) is 5.91 Å². The highest BCUT2D eigenvalue weighted by Crippen LogP contribution is 2.14. The standard InChI is InChI=1S/C40H79N5O4/c1-3-5-7-9-11-13-15-17-19-20-22-24-26-28-30-37(46)35(41)34-49-39(48)36(32-33-44-40(42)43)45-38(47)31-29-27-25-23-21-18-16-14-12-10-8-6-4-2/h26,28,35-37,46H,3-25,27,29-34,41H2,1-2H3,(H,45,47)(H4,42,43,44)/t35-,36?,37+/m0/s1. The van der Waals surface area contributed by atoms with Gasteiger partial charge < -0.3 is 31.9 Å². The number of carbonyl (C=O) groups is 2. The van der Waals surface area contributed by atoms with Crippen LogP contribution in [-0.4, -0.2) is 54.3 Å². The Morgan fingerprint density at radius 2 is 1.16 bits per heavy atom. The predicted molar refractivity (Wildman–Crippen MR) is 207 cm³/mol. The van der Waals surface area contributed by atoms with Crippen LogP contribution in [0.15, 0.2) is 12.2 Å². The SMILES string of the molecule is CCCCCCCCCCCCCC=CC[C@@H](O)[C@@H](N)COC(=O)C(CCNC(=N)N)NC(=O)CCCCCCCCCCCCCCC. The van der Waals surface area contributed by atoms with Gasteiger partial charge in [-0.05, 0) is 32.1 Å². The summed E-state index contributed by atoms with van der Waals surface area (Å²) in [6, 6.07) is -1.61. The van der Waals surface area contributed by atoms with E-state index in [1.807, 2.05) is 6.08 Å². The second kappa shape index (κ2) is 35.7. The quantitative estimate of drug-likeness (QED) is 0.0126. The number of carbonyl (C=O) groups excluding carboxylic acids is 2. The monoisotopic (exact) mass is 694 g/mol. The highest BCUT2D eigenvalue weighted by atomic mass is 16.5. The smallest absolute Gasteiger partial charge is 0.328 e. The molecule has 8 N–H and O–H groups in total. The van der Waals surface area contributed by atoms with Gasteiger partial charge in [-0.3, -0.25) is 10.2 Å². The van der Waals surface area contributed by atoms with E-state index in [2.05, 4.69) is 30.6 Å². The van der Waals surface area contributed by atoms with Crippen LogP contribution in [0.4, 0.5) is 0 Å². The minimum absolute atomic E-state index is 0.141. The molecule has 1 amide bonds. The van der Waals surface area contributed by atoms with E-state index in [4.69, 9.17) is 21.6 Å². The van der Waals surface area contributed by atoms with Crippen LogP contribution in [0.5, 0.6) is 0 Å². The fraction of sp³-hybridized carbons (Fsp3) is 0.875. The Morgan fingerprint density at radius 1 is 0.714 bits per heavy atom. The number of unbranched alkanes of at least 4 members (excludes halogenated alkanes) is 23. The number of guanidine groups is 1. The molecule has 0 heterocycles.